The lowest BCUT2D eigenvalue weighted by Crippen LogP contribution is -2.18. The molecule has 0 amide bonds. The average Bonchev–Trinajstić information content (AvgIpc) is 2.36. The molecule has 0 aliphatic rings. The van der Waals surface area contributed by atoms with Gasteiger partial charge in [-0.2, -0.15) is 18.4 Å². The number of hydrogen-bond acceptors (Lipinski definition) is 4. The third kappa shape index (κ3) is 3.48. The van der Waals surface area contributed by atoms with E-state index in [-0.39, 0.29) is 24.3 Å². The summed E-state index contributed by atoms with van der Waals surface area (Å²) in [6.07, 6.45) is -5.28. The van der Waals surface area contributed by atoms with Crippen LogP contribution < -0.4 is 5.73 Å². The van der Waals surface area contributed by atoms with Gasteiger partial charge in [-0.3, -0.25) is 4.79 Å². The van der Waals surface area contributed by atoms with E-state index in [0.717, 1.165) is 6.07 Å². The number of nitrogens with zero attached hydrogens (tertiary/aromatic N) is 1. The van der Waals surface area contributed by atoms with Crippen LogP contribution in [-0.4, -0.2) is 12.6 Å². The number of halogens is 3. The van der Waals surface area contributed by atoms with Gasteiger partial charge in [-0.1, -0.05) is 12.1 Å². The number of hydrogen-bond donors (Lipinski definition) is 1. The number of rotatable bonds is 4. The molecule has 2 N–H and O–H groups in total. The molecule has 0 saturated heterocycles. The molecular weight excluding hydrogens is 273 g/mol. The lowest BCUT2D eigenvalue weighted by Gasteiger charge is -2.16. The first-order valence-electron chi connectivity index (χ1n) is 5.82. The highest BCUT2D eigenvalue weighted by molar-refractivity contribution is 5.73. The van der Waals surface area contributed by atoms with Gasteiger partial charge in [0.25, 0.3) is 0 Å². The summed E-state index contributed by atoms with van der Waals surface area (Å²) in [4.78, 5) is 11.3. The van der Waals surface area contributed by atoms with Crippen molar-refractivity contribution < 1.29 is 22.7 Å². The van der Waals surface area contributed by atoms with E-state index in [1.165, 1.54) is 12.1 Å². The summed E-state index contributed by atoms with van der Waals surface area (Å²) in [6, 6.07) is 3.99. The maximum Gasteiger partial charge on any atom is 0.417 e. The second-order valence-electron chi connectivity index (χ2n) is 3.93. The van der Waals surface area contributed by atoms with E-state index < -0.39 is 29.7 Å². The summed E-state index contributed by atoms with van der Waals surface area (Å²) in [7, 11) is 0. The smallest absolute Gasteiger partial charge is 0.417 e. The van der Waals surface area contributed by atoms with Gasteiger partial charge in [0.2, 0.25) is 0 Å². The molecule has 0 unspecified atom stereocenters. The Balaban J connectivity index is 3.39. The molecule has 0 heterocycles. The van der Waals surface area contributed by atoms with Gasteiger partial charge in [0.05, 0.1) is 24.2 Å². The molecule has 0 aliphatic heterocycles. The quantitative estimate of drug-likeness (QED) is 0.860. The van der Waals surface area contributed by atoms with Crippen molar-refractivity contribution in [2.75, 3.05) is 6.61 Å². The first kappa shape index (κ1) is 16.0. The fourth-order valence-corrected chi connectivity index (χ4v) is 1.83. The highest BCUT2D eigenvalue weighted by atomic mass is 19.4. The topological polar surface area (TPSA) is 76.1 Å². The zero-order chi connectivity index (χ0) is 15.3. The highest BCUT2D eigenvalue weighted by Gasteiger charge is 2.37. The van der Waals surface area contributed by atoms with E-state index in [2.05, 4.69) is 4.74 Å². The predicted octanol–water partition coefficient (Wildman–Crippen LogP) is 2.14. The maximum atomic E-state index is 13.1. The van der Waals surface area contributed by atoms with Gasteiger partial charge < -0.3 is 10.5 Å². The lowest BCUT2D eigenvalue weighted by atomic mass is 9.94. The van der Waals surface area contributed by atoms with E-state index >= 15 is 0 Å². The van der Waals surface area contributed by atoms with Crippen LogP contribution in [0.3, 0.4) is 0 Å². The molecule has 1 rings (SSSR count). The second kappa shape index (κ2) is 6.39. The number of alkyl halides is 3. The van der Waals surface area contributed by atoms with Gasteiger partial charge in [-0.15, -0.1) is 0 Å². The molecule has 1 aromatic carbocycles. The summed E-state index contributed by atoms with van der Waals surface area (Å²) in [5, 5.41) is 8.93. The molecule has 4 nitrogen and oxygen atoms in total. The Morgan fingerprint density at radius 1 is 1.40 bits per heavy atom. The van der Waals surface area contributed by atoms with Crippen LogP contribution in [0.25, 0.3) is 0 Å². The molecule has 0 aromatic heterocycles. The molecular formula is C13H13F3N2O2. The number of carbonyl (C=O) groups excluding carboxylic acids is 1. The normalized spacial score (nSPS) is 11.0. The van der Waals surface area contributed by atoms with Gasteiger partial charge in [0.15, 0.2) is 0 Å². The number of carbonyl (C=O) groups is 1. The largest absolute Gasteiger partial charge is 0.466 e. The van der Waals surface area contributed by atoms with Crippen LogP contribution in [-0.2, 0) is 28.7 Å². The van der Waals surface area contributed by atoms with Crippen molar-refractivity contribution in [3.05, 3.63) is 34.4 Å². The Hall–Kier alpha value is -2.07. The van der Waals surface area contributed by atoms with Crippen LogP contribution in [0.4, 0.5) is 13.2 Å². The average molecular weight is 286 g/mol. The fraction of sp³-hybridized carbons (Fsp3) is 0.385. The standard InChI is InChI=1S/C13H13F3N2O2/c1-2-20-11(19)5-8-3-4-9(6-17)10(7-18)12(8)13(14,15)16/h3-4H,2,5-6,17H2,1H3. The van der Waals surface area contributed by atoms with E-state index in [0.29, 0.717) is 0 Å². The zero-order valence-corrected chi connectivity index (χ0v) is 10.8. The summed E-state index contributed by atoms with van der Waals surface area (Å²) in [5.74, 6) is -0.776. The summed E-state index contributed by atoms with van der Waals surface area (Å²) < 4.78 is 43.9. The van der Waals surface area contributed by atoms with Crippen LogP contribution in [0.15, 0.2) is 12.1 Å². The molecule has 0 fully saturated rings. The molecule has 0 radical (unpaired) electrons. The van der Waals surface area contributed by atoms with E-state index in [4.69, 9.17) is 11.0 Å². The molecule has 7 heteroatoms. The summed E-state index contributed by atoms with van der Waals surface area (Å²) >= 11 is 0. The molecule has 0 spiro atoms. The van der Waals surface area contributed by atoms with Crippen molar-refractivity contribution >= 4 is 5.97 Å². The van der Waals surface area contributed by atoms with Crippen LogP contribution in [0, 0.1) is 11.3 Å². The van der Waals surface area contributed by atoms with Crippen LogP contribution >= 0.6 is 0 Å². The molecule has 0 atom stereocenters. The third-order valence-corrected chi connectivity index (χ3v) is 2.63. The third-order valence-electron chi connectivity index (χ3n) is 2.63. The molecule has 1 aromatic rings. The van der Waals surface area contributed by atoms with E-state index in [1.807, 2.05) is 0 Å². The number of ether oxygens (including phenoxy) is 1. The Labute approximate surface area is 113 Å². The van der Waals surface area contributed by atoms with Gasteiger partial charge in [0, 0.05) is 6.54 Å². The summed E-state index contributed by atoms with van der Waals surface area (Å²) in [5.41, 5.74) is 3.48. The van der Waals surface area contributed by atoms with Crippen molar-refractivity contribution in [1.82, 2.24) is 0 Å². The van der Waals surface area contributed by atoms with E-state index in [1.54, 1.807) is 6.92 Å². The fourth-order valence-electron chi connectivity index (χ4n) is 1.83. The number of benzene rings is 1. The molecule has 20 heavy (non-hydrogen) atoms. The zero-order valence-electron chi connectivity index (χ0n) is 10.8. The molecule has 0 aliphatic carbocycles. The van der Waals surface area contributed by atoms with Crippen molar-refractivity contribution in [2.24, 2.45) is 5.73 Å². The maximum absolute atomic E-state index is 13.1. The Kier molecular flexibility index (Phi) is 5.11. The second-order valence-corrected chi connectivity index (χ2v) is 3.93. The molecule has 0 saturated carbocycles. The minimum absolute atomic E-state index is 0.0756. The van der Waals surface area contributed by atoms with Crippen LogP contribution in [0.5, 0.6) is 0 Å². The van der Waals surface area contributed by atoms with Crippen molar-refractivity contribution in [3.8, 4) is 6.07 Å². The highest BCUT2D eigenvalue weighted by Crippen LogP contribution is 2.36. The van der Waals surface area contributed by atoms with Crippen molar-refractivity contribution in [3.63, 3.8) is 0 Å². The molecule has 0 bridgehead atoms. The minimum Gasteiger partial charge on any atom is -0.466 e. The van der Waals surface area contributed by atoms with E-state index in [9.17, 15) is 18.0 Å². The summed E-state index contributed by atoms with van der Waals surface area (Å²) in [6.45, 7) is 1.44. The number of nitrogens with two attached hydrogens (primary N) is 1. The van der Waals surface area contributed by atoms with Gasteiger partial charge in [-0.25, -0.2) is 0 Å². The Bertz CT molecular complexity index is 548. The predicted molar refractivity (Wildman–Crippen MR) is 64.4 cm³/mol. The number of esters is 1. The van der Waals surface area contributed by atoms with Gasteiger partial charge in [0.1, 0.15) is 6.07 Å². The monoisotopic (exact) mass is 286 g/mol. The Morgan fingerprint density at radius 3 is 2.45 bits per heavy atom. The van der Waals surface area contributed by atoms with Gasteiger partial charge in [-0.05, 0) is 18.1 Å². The van der Waals surface area contributed by atoms with Gasteiger partial charge >= 0.3 is 12.1 Å². The Morgan fingerprint density at radius 2 is 2.00 bits per heavy atom. The van der Waals surface area contributed by atoms with Crippen molar-refractivity contribution in [2.45, 2.75) is 26.1 Å². The van der Waals surface area contributed by atoms with Crippen LogP contribution in [0.1, 0.15) is 29.2 Å². The number of nitriles is 1. The minimum atomic E-state index is -4.74. The van der Waals surface area contributed by atoms with Crippen LogP contribution in [0.2, 0.25) is 0 Å². The SMILES string of the molecule is CCOC(=O)Cc1ccc(CN)c(C#N)c1C(F)(F)F. The first-order valence-corrected chi connectivity index (χ1v) is 5.82. The van der Waals surface area contributed by atoms with Crippen molar-refractivity contribution in [1.29, 1.82) is 5.26 Å². The molecule has 108 valence electrons. The first-order chi connectivity index (χ1) is 9.35. The lowest BCUT2D eigenvalue weighted by molar-refractivity contribution is -0.143.